The molecule has 0 radical (unpaired) electrons. The molecule has 0 unspecified atom stereocenters. The summed E-state index contributed by atoms with van der Waals surface area (Å²) < 4.78 is 10.8. The summed E-state index contributed by atoms with van der Waals surface area (Å²) >= 11 is 1.49. The van der Waals surface area contributed by atoms with Gasteiger partial charge in [0.15, 0.2) is 11.5 Å². The van der Waals surface area contributed by atoms with Gasteiger partial charge in [-0.15, -0.1) is 11.8 Å². The van der Waals surface area contributed by atoms with Crippen molar-refractivity contribution in [2.75, 3.05) is 13.7 Å². The summed E-state index contributed by atoms with van der Waals surface area (Å²) in [5.74, 6) is 1.06. The molecule has 0 aromatic heterocycles. The molecule has 0 heterocycles. The lowest BCUT2D eigenvalue weighted by Crippen LogP contribution is -2.26. The highest BCUT2D eigenvalue weighted by Crippen LogP contribution is 2.27. The SMILES string of the molecule is C=CCOc1ccc(/C=N\NC(=O)[C@@H](C)Sc2ccc(C)cc2)cc1OC. The van der Waals surface area contributed by atoms with Crippen LogP contribution in [0.15, 0.2) is 65.1 Å². The van der Waals surface area contributed by atoms with Crippen LogP contribution in [-0.4, -0.2) is 31.1 Å². The Kier molecular flexibility index (Phi) is 7.95. The predicted octanol–water partition coefficient (Wildman–Crippen LogP) is 4.20. The van der Waals surface area contributed by atoms with Crippen molar-refractivity contribution in [3.63, 3.8) is 0 Å². The van der Waals surface area contributed by atoms with Crippen molar-refractivity contribution in [1.29, 1.82) is 0 Å². The quantitative estimate of drug-likeness (QED) is 0.305. The van der Waals surface area contributed by atoms with Crippen LogP contribution in [0.5, 0.6) is 11.5 Å². The monoisotopic (exact) mass is 384 g/mol. The maximum atomic E-state index is 12.2. The van der Waals surface area contributed by atoms with Gasteiger partial charge in [0, 0.05) is 4.90 Å². The number of nitrogens with one attached hydrogen (secondary N) is 1. The number of ether oxygens (including phenoxy) is 2. The fourth-order valence-electron chi connectivity index (χ4n) is 2.17. The van der Waals surface area contributed by atoms with Gasteiger partial charge in [0.05, 0.1) is 18.6 Å². The Morgan fingerprint density at radius 3 is 2.67 bits per heavy atom. The van der Waals surface area contributed by atoms with Crippen LogP contribution in [0.3, 0.4) is 0 Å². The number of amides is 1. The number of carbonyl (C=O) groups is 1. The first-order valence-electron chi connectivity index (χ1n) is 8.51. The molecule has 0 fully saturated rings. The first-order chi connectivity index (χ1) is 13.0. The number of carbonyl (C=O) groups excluding carboxylic acids is 1. The van der Waals surface area contributed by atoms with Gasteiger partial charge in [-0.1, -0.05) is 30.4 Å². The highest BCUT2D eigenvalue weighted by molar-refractivity contribution is 8.00. The number of hydrazone groups is 1. The van der Waals surface area contributed by atoms with Crippen LogP contribution in [-0.2, 0) is 4.79 Å². The molecule has 0 aliphatic rings. The second kappa shape index (κ2) is 10.4. The largest absolute Gasteiger partial charge is 0.493 e. The van der Waals surface area contributed by atoms with E-state index in [4.69, 9.17) is 9.47 Å². The maximum Gasteiger partial charge on any atom is 0.253 e. The topological polar surface area (TPSA) is 59.9 Å². The van der Waals surface area contributed by atoms with Crippen LogP contribution in [0.25, 0.3) is 0 Å². The van der Waals surface area contributed by atoms with Gasteiger partial charge < -0.3 is 9.47 Å². The van der Waals surface area contributed by atoms with Gasteiger partial charge >= 0.3 is 0 Å². The van der Waals surface area contributed by atoms with E-state index >= 15 is 0 Å². The third-order valence-electron chi connectivity index (χ3n) is 3.64. The Morgan fingerprint density at radius 1 is 1.26 bits per heavy atom. The lowest BCUT2D eigenvalue weighted by atomic mass is 10.2. The summed E-state index contributed by atoms with van der Waals surface area (Å²) in [4.78, 5) is 13.2. The molecular formula is C21H24N2O3S. The molecule has 0 aliphatic heterocycles. The number of hydrogen-bond acceptors (Lipinski definition) is 5. The molecule has 1 amide bonds. The van der Waals surface area contributed by atoms with Gasteiger partial charge in [-0.05, 0) is 49.7 Å². The van der Waals surface area contributed by atoms with E-state index in [-0.39, 0.29) is 11.2 Å². The van der Waals surface area contributed by atoms with E-state index in [2.05, 4.69) is 17.1 Å². The van der Waals surface area contributed by atoms with Gasteiger partial charge in [0.25, 0.3) is 5.91 Å². The van der Waals surface area contributed by atoms with Gasteiger partial charge in [0.1, 0.15) is 6.61 Å². The van der Waals surface area contributed by atoms with Crippen LogP contribution in [0, 0.1) is 6.92 Å². The molecular weight excluding hydrogens is 360 g/mol. The minimum atomic E-state index is -0.255. The van der Waals surface area contributed by atoms with E-state index in [1.54, 1.807) is 31.5 Å². The lowest BCUT2D eigenvalue weighted by Gasteiger charge is -2.10. The predicted molar refractivity (Wildman–Crippen MR) is 111 cm³/mol. The zero-order chi connectivity index (χ0) is 19.6. The highest BCUT2D eigenvalue weighted by atomic mass is 32.2. The zero-order valence-electron chi connectivity index (χ0n) is 15.8. The number of aryl methyl sites for hydroxylation is 1. The molecule has 6 heteroatoms. The van der Waals surface area contributed by atoms with Crippen LogP contribution in [0.2, 0.25) is 0 Å². The van der Waals surface area contributed by atoms with E-state index in [0.29, 0.717) is 18.1 Å². The summed E-state index contributed by atoms with van der Waals surface area (Å²) in [5, 5.41) is 3.78. The molecule has 0 aliphatic carbocycles. The first kappa shape index (κ1) is 20.6. The van der Waals surface area contributed by atoms with Gasteiger partial charge in [-0.2, -0.15) is 5.10 Å². The fourth-order valence-corrected chi connectivity index (χ4v) is 3.03. The van der Waals surface area contributed by atoms with E-state index in [9.17, 15) is 4.79 Å². The molecule has 0 saturated carbocycles. The molecule has 2 aromatic rings. The first-order valence-corrected chi connectivity index (χ1v) is 9.39. The lowest BCUT2D eigenvalue weighted by molar-refractivity contribution is -0.120. The summed E-state index contributed by atoms with van der Waals surface area (Å²) in [6, 6.07) is 13.5. The number of thioether (sulfide) groups is 1. The van der Waals surface area contributed by atoms with Crippen LogP contribution >= 0.6 is 11.8 Å². The van der Waals surface area contributed by atoms with Crippen molar-refractivity contribution >= 4 is 23.9 Å². The summed E-state index contributed by atoms with van der Waals surface area (Å²) in [7, 11) is 1.57. The van der Waals surface area contributed by atoms with Crippen molar-refractivity contribution in [3.05, 3.63) is 66.2 Å². The van der Waals surface area contributed by atoms with Crippen LogP contribution in [0.4, 0.5) is 0 Å². The Bertz CT molecular complexity index is 804. The summed E-state index contributed by atoms with van der Waals surface area (Å²) in [6.45, 7) is 7.91. The molecule has 0 bridgehead atoms. The molecule has 142 valence electrons. The van der Waals surface area contributed by atoms with E-state index in [1.165, 1.54) is 17.3 Å². The minimum absolute atomic E-state index is 0.158. The Morgan fingerprint density at radius 2 is 2.00 bits per heavy atom. The number of benzene rings is 2. The fraction of sp³-hybridized carbons (Fsp3) is 0.238. The molecule has 0 spiro atoms. The van der Waals surface area contributed by atoms with Crippen molar-refractivity contribution in [2.24, 2.45) is 5.10 Å². The van der Waals surface area contributed by atoms with Gasteiger partial charge in [-0.3, -0.25) is 4.79 Å². The summed E-state index contributed by atoms with van der Waals surface area (Å²) in [6.07, 6.45) is 3.24. The molecule has 1 atom stereocenters. The molecule has 2 aromatic carbocycles. The average Bonchev–Trinajstić information content (AvgIpc) is 2.68. The smallest absolute Gasteiger partial charge is 0.253 e. The van der Waals surface area contributed by atoms with Crippen LogP contribution in [0.1, 0.15) is 18.1 Å². The van der Waals surface area contributed by atoms with Gasteiger partial charge in [-0.25, -0.2) is 5.43 Å². The Hall–Kier alpha value is -2.73. The number of hydrogen-bond donors (Lipinski definition) is 1. The van der Waals surface area contributed by atoms with E-state index in [1.807, 2.05) is 44.2 Å². The average molecular weight is 385 g/mol. The van der Waals surface area contributed by atoms with Crippen molar-refractivity contribution in [3.8, 4) is 11.5 Å². The normalized spacial score (nSPS) is 11.8. The van der Waals surface area contributed by atoms with Crippen molar-refractivity contribution < 1.29 is 14.3 Å². The molecule has 2 rings (SSSR count). The third-order valence-corrected chi connectivity index (χ3v) is 4.75. The number of methoxy groups -OCH3 is 1. The highest BCUT2D eigenvalue weighted by Gasteiger charge is 2.13. The maximum absolute atomic E-state index is 12.2. The zero-order valence-corrected chi connectivity index (χ0v) is 16.6. The third kappa shape index (κ3) is 6.49. The molecule has 27 heavy (non-hydrogen) atoms. The van der Waals surface area contributed by atoms with Gasteiger partial charge in [0.2, 0.25) is 0 Å². The number of rotatable bonds is 9. The summed E-state index contributed by atoms with van der Waals surface area (Å²) in [5.41, 5.74) is 4.55. The van der Waals surface area contributed by atoms with Crippen molar-refractivity contribution in [1.82, 2.24) is 5.43 Å². The van der Waals surface area contributed by atoms with E-state index < -0.39 is 0 Å². The minimum Gasteiger partial charge on any atom is -0.493 e. The second-order valence-corrected chi connectivity index (χ2v) is 7.23. The molecule has 0 saturated heterocycles. The van der Waals surface area contributed by atoms with Crippen LogP contribution < -0.4 is 14.9 Å². The standard InChI is InChI=1S/C21H24N2O3S/c1-5-12-26-19-11-8-17(13-20(19)25-4)14-22-23-21(24)16(3)27-18-9-6-15(2)7-10-18/h5-11,13-14,16H,1,12H2,2-4H3,(H,23,24)/b22-14-/t16-/m1/s1. The Labute approximate surface area is 164 Å². The molecule has 5 nitrogen and oxygen atoms in total. The Balaban J connectivity index is 1.92. The number of nitrogens with zero attached hydrogens (tertiary/aromatic N) is 1. The van der Waals surface area contributed by atoms with Crippen molar-refractivity contribution in [2.45, 2.75) is 24.0 Å². The second-order valence-electron chi connectivity index (χ2n) is 5.82. The van der Waals surface area contributed by atoms with E-state index in [0.717, 1.165) is 10.5 Å². The molecule has 1 N–H and O–H groups in total.